The molecule has 0 bridgehead atoms. The summed E-state index contributed by atoms with van der Waals surface area (Å²) in [6, 6.07) is 8.36. The second-order valence-corrected chi connectivity index (χ2v) is 8.00. The molecule has 1 aromatic rings. The first-order valence-corrected chi connectivity index (χ1v) is 10.3. The summed E-state index contributed by atoms with van der Waals surface area (Å²) >= 11 is 0. The third kappa shape index (κ3) is 4.33. The van der Waals surface area contributed by atoms with Crippen molar-refractivity contribution in [1.29, 1.82) is 0 Å². The Morgan fingerprint density at radius 2 is 1.93 bits per heavy atom. The van der Waals surface area contributed by atoms with Crippen molar-refractivity contribution in [1.82, 2.24) is 10.2 Å². The van der Waals surface area contributed by atoms with E-state index in [4.69, 9.17) is 4.74 Å². The van der Waals surface area contributed by atoms with E-state index in [-0.39, 0.29) is 29.9 Å². The number of nitrogens with zero attached hydrogens (tertiary/aromatic N) is 1. The Labute approximate surface area is 160 Å². The average molecular weight is 372 g/mol. The number of ether oxygens (including phenoxy) is 1. The Kier molecular flexibility index (Phi) is 5.74. The van der Waals surface area contributed by atoms with Crippen LogP contribution in [-0.4, -0.2) is 55.1 Å². The first kappa shape index (κ1) is 18.4. The lowest BCUT2D eigenvalue weighted by molar-refractivity contribution is -0.695. The standard InChI is InChI=1S/C21H29N3O3/c25-20(23-14-18-6-3-11-27-18)15-7-9-24(10-8-15)21(26)19-12-16-4-1-2-5-17(16)13-22-19/h1-2,4-5,15,18-19,22H,3,6-14H2,(H,23,25)/p+1/t18-,19+/m1/s1. The fourth-order valence-electron chi connectivity index (χ4n) is 4.49. The fourth-order valence-corrected chi connectivity index (χ4v) is 4.49. The molecule has 146 valence electrons. The number of hydrogen-bond donors (Lipinski definition) is 2. The van der Waals surface area contributed by atoms with Gasteiger partial charge in [-0.25, -0.2) is 0 Å². The van der Waals surface area contributed by atoms with Crippen molar-refractivity contribution in [3.8, 4) is 0 Å². The van der Waals surface area contributed by atoms with Crippen molar-refractivity contribution in [3.05, 3.63) is 35.4 Å². The van der Waals surface area contributed by atoms with E-state index in [1.165, 1.54) is 11.1 Å². The van der Waals surface area contributed by atoms with E-state index in [1.54, 1.807) is 0 Å². The van der Waals surface area contributed by atoms with Gasteiger partial charge in [-0.1, -0.05) is 24.3 Å². The predicted octanol–water partition coefficient (Wildman–Crippen LogP) is 0.209. The Morgan fingerprint density at radius 3 is 2.67 bits per heavy atom. The summed E-state index contributed by atoms with van der Waals surface area (Å²) in [4.78, 5) is 27.3. The van der Waals surface area contributed by atoms with Crippen LogP contribution in [0.5, 0.6) is 0 Å². The van der Waals surface area contributed by atoms with Crippen LogP contribution >= 0.6 is 0 Å². The zero-order valence-corrected chi connectivity index (χ0v) is 15.9. The molecule has 0 unspecified atom stereocenters. The number of hydrogen-bond acceptors (Lipinski definition) is 3. The van der Waals surface area contributed by atoms with Gasteiger partial charge in [-0.2, -0.15) is 0 Å². The quantitative estimate of drug-likeness (QED) is 0.793. The van der Waals surface area contributed by atoms with E-state index >= 15 is 0 Å². The van der Waals surface area contributed by atoms with Crippen LogP contribution in [0, 0.1) is 5.92 Å². The van der Waals surface area contributed by atoms with Crippen molar-refractivity contribution >= 4 is 11.8 Å². The Bertz CT molecular complexity index is 679. The Hall–Kier alpha value is -1.92. The van der Waals surface area contributed by atoms with Gasteiger partial charge in [-0.05, 0) is 31.2 Å². The molecule has 3 aliphatic heterocycles. The summed E-state index contributed by atoms with van der Waals surface area (Å²) in [6.45, 7) is 3.67. The van der Waals surface area contributed by atoms with Gasteiger partial charge in [0, 0.05) is 44.1 Å². The topological polar surface area (TPSA) is 75.2 Å². The number of rotatable bonds is 4. The van der Waals surface area contributed by atoms with Crippen LogP contribution in [-0.2, 0) is 27.3 Å². The summed E-state index contributed by atoms with van der Waals surface area (Å²) in [7, 11) is 0. The van der Waals surface area contributed by atoms with E-state index in [1.807, 2.05) is 11.0 Å². The van der Waals surface area contributed by atoms with Crippen LogP contribution in [0.2, 0.25) is 0 Å². The molecule has 3 heterocycles. The van der Waals surface area contributed by atoms with Gasteiger partial charge in [0.1, 0.15) is 6.54 Å². The number of carbonyl (C=O) groups is 2. The maximum Gasteiger partial charge on any atom is 0.281 e. The second-order valence-electron chi connectivity index (χ2n) is 8.00. The summed E-state index contributed by atoms with van der Waals surface area (Å²) < 4.78 is 5.56. The SMILES string of the molecule is O=C(NC[C@H]1CCCO1)C1CCN(C(=O)[C@@H]2Cc3ccccc3C[NH2+]2)CC1. The van der Waals surface area contributed by atoms with E-state index < -0.39 is 0 Å². The molecular formula is C21H30N3O3+. The molecule has 27 heavy (non-hydrogen) atoms. The molecule has 0 aromatic heterocycles. The molecule has 2 atom stereocenters. The molecule has 0 spiro atoms. The van der Waals surface area contributed by atoms with E-state index in [0.29, 0.717) is 19.6 Å². The van der Waals surface area contributed by atoms with E-state index in [0.717, 1.165) is 45.3 Å². The predicted molar refractivity (Wildman–Crippen MR) is 101 cm³/mol. The number of piperidine rings is 1. The lowest BCUT2D eigenvalue weighted by Gasteiger charge is -2.34. The first-order valence-electron chi connectivity index (χ1n) is 10.3. The number of fused-ring (bicyclic) bond motifs is 1. The number of likely N-dealkylation sites (tertiary alicyclic amines) is 1. The molecule has 1 aromatic carbocycles. The lowest BCUT2D eigenvalue weighted by atomic mass is 9.92. The third-order valence-corrected chi connectivity index (χ3v) is 6.20. The maximum atomic E-state index is 12.9. The summed E-state index contributed by atoms with van der Waals surface area (Å²) in [5.41, 5.74) is 2.63. The van der Waals surface area contributed by atoms with Gasteiger partial charge < -0.3 is 20.3 Å². The highest BCUT2D eigenvalue weighted by Gasteiger charge is 2.34. The normalized spacial score (nSPS) is 25.9. The largest absolute Gasteiger partial charge is 0.376 e. The zero-order valence-electron chi connectivity index (χ0n) is 15.9. The smallest absolute Gasteiger partial charge is 0.281 e. The van der Waals surface area contributed by atoms with Gasteiger partial charge in [-0.3, -0.25) is 9.59 Å². The average Bonchev–Trinajstić information content (AvgIpc) is 3.25. The van der Waals surface area contributed by atoms with Gasteiger partial charge in [0.05, 0.1) is 6.10 Å². The second kappa shape index (κ2) is 8.40. The highest BCUT2D eigenvalue weighted by atomic mass is 16.5. The highest BCUT2D eigenvalue weighted by Crippen LogP contribution is 2.20. The lowest BCUT2D eigenvalue weighted by Crippen LogP contribution is -2.93. The fraction of sp³-hybridized carbons (Fsp3) is 0.619. The number of amides is 2. The molecule has 6 nitrogen and oxygen atoms in total. The molecule has 3 N–H and O–H groups in total. The number of nitrogens with one attached hydrogen (secondary N) is 1. The van der Waals surface area contributed by atoms with Gasteiger partial charge in [0.25, 0.3) is 5.91 Å². The highest BCUT2D eigenvalue weighted by molar-refractivity contribution is 5.82. The molecule has 6 heteroatoms. The summed E-state index contributed by atoms with van der Waals surface area (Å²) in [5, 5.41) is 5.20. The number of quaternary nitrogens is 1. The van der Waals surface area contributed by atoms with E-state index in [2.05, 4.69) is 28.8 Å². The van der Waals surface area contributed by atoms with Crippen LogP contribution < -0.4 is 10.6 Å². The summed E-state index contributed by atoms with van der Waals surface area (Å²) in [5.74, 6) is 0.366. The van der Waals surface area contributed by atoms with Gasteiger partial charge in [-0.15, -0.1) is 0 Å². The number of nitrogens with two attached hydrogens (primary N) is 1. The molecular weight excluding hydrogens is 342 g/mol. The molecule has 4 rings (SSSR count). The van der Waals surface area contributed by atoms with Crippen molar-refractivity contribution in [3.63, 3.8) is 0 Å². The maximum absolute atomic E-state index is 12.9. The molecule has 2 saturated heterocycles. The minimum atomic E-state index is -0.0233. The van der Waals surface area contributed by atoms with E-state index in [9.17, 15) is 9.59 Å². The van der Waals surface area contributed by atoms with Crippen LogP contribution in [0.15, 0.2) is 24.3 Å². The third-order valence-electron chi connectivity index (χ3n) is 6.20. The molecule has 3 aliphatic rings. The molecule has 0 aliphatic carbocycles. The summed E-state index contributed by atoms with van der Waals surface area (Å²) in [6.07, 6.45) is 4.62. The molecule has 0 radical (unpaired) electrons. The van der Waals surface area contributed by atoms with Gasteiger partial charge in [0.2, 0.25) is 5.91 Å². The van der Waals surface area contributed by atoms with Crippen LogP contribution in [0.25, 0.3) is 0 Å². The van der Waals surface area contributed by atoms with Gasteiger partial charge >= 0.3 is 0 Å². The molecule has 2 amide bonds. The number of carbonyl (C=O) groups excluding carboxylic acids is 2. The minimum absolute atomic E-state index is 0.0199. The van der Waals surface area contributed by atoms with Crippen LogP contribution in [0.4, 0.5) is 0 Å². The monoisotopic (exact) mass is 372 g/mol. The van der Waals surface area contributed by atoms with Gasteiger partial charge in [0.15, 0.2) is 6.04 Å². The first-order chi connectivity index (χ1) is 13.2. The van der Waals surface area contributed by atoms with Crippen molar-refractivity contribution in [2.24, 2.45) is 5.92 Å². The minimum Gasteiger partial charge on any atom is -0.376 e. The van der Waals surface area contributed by atoms with Crippen molar-refractivity contribution in [2.75, 3.05) is 26.2 Å². The van der Waals surface area contributed by atoms with Crippen LogP contribution in [0.1, 0.15) is 36.8 Å². The molecule has 2 fully saturated rings. The molecule has 0 saturated carbocycles. The Balaban J connectivity index is 1.24. The van der Waals surface area contributed by atoms with Crippen LogP contribution in [0.3, 0.4) is 0 Å². The van der Waals surface area contributed by atoms with Crippen molar-refractivity contribution < 1.29 is 19.6 Å². The zero-order chi connectivity index (χ0) is 18.6. The number of benzene rings is 1. The van der Waals surface area contributed by atoms with Crippen molar-refractivity contribution in [2.45, 2.75) is 50.8 Å². The Morgan fingerprint density at radius 1 is 1.15 bits per heavy atom.